The van der Waals surface area contributed by atoms with Crippen LogP contribution in [0.4, 0.5) is 5.69 Å². The molecule has 106 valence electrons. The predicted molar refractivity (Wildman–Crippen MR) is 69.6 cm³/mol. The highest BCUT2D eigenvalue weighted by Crippen LogP contribution is 2.35. The first-order valence-electron chi connectivity index (χ1n) is 4.95. The zero-order valence-corrected chi connectivity index (χ0v) is 11.8. The first-order chi connectivity index (χ1) is 8.74. The van der Waals surface area contributed by atoms with E-state index in [0.717, 1.165) is 6.07 Å². The molecule has 1 amide bonds. The van der Waals surface area contributed by atoms with Crippen molar-refractivity contribution in [2.75, 3.05) is 6.54 Å². The largest absolute Gasteiger partial charge is 0.370 e. The fourth-order valence-corrected chi connectivity index (χ4v) is 3.92. The first kappa shape index (κ1) is 15.8. The van der Waals surface area contributed by atoms with Crippen LogP contribution in [0, 0.1) is 10.1 Å². The Hall–Kier alpha value is -1.23. The van der Waals surface area contributed by atoms with Crippen LogP contribution >= 0.6 is 22.9 Å². The molecule has 0 saturated heterocycles. The van der Waals surface area contributed by atoms with E-state index in [1.165, 1.54) is 0 Å². The highest BCUT2D eigenvalue weighted by molar-refractivity contribution is 7.91. The zero-order chi connectivity index (χ0) is 14.6. The zero-order valence-electron chi connectivity index (χ0n) is 9.46. The molecule has 0 atom stereocenters. The van der Waals surface area contributed by atoms with E-state index in [1.807, 2.05) is 0 Å². The molecule has 1 aromatic heterocycles. The second kappa shape index (κ2) is 6.28. The van der Waals surface area contributed by atoms with E-state index >= 15 is 0 Å². The lowest BCUT2D eigenvalue weighted by molar-refractivity contribution is -0.384. The van der Waals surface area contributed by atoms with E-state index in [9.17, 15) is 23.3 Å². The van der Waals surface area contributed by atoms with Crippen molar-refractivity contribution in [1.82, 2.24) is 4.72 Å². The van der Waals surface area contributed by atoms with Crippen LogP contribution in [0.5, 0.6) is 0 Å². The van der Waals surface area contributed by atoms with Crippen molar-refractivity contribution >= 4 is 44.6 Å². The maximum Gasteiger partial charge on any atom is 0.300 e. The number of rotatable bonds is 7. The first-order valence-corrected chi connectivity index (χ1v) is 7.63. The van der Waals surface area contributed by atoms with E-state index in [1.54, 1.807) is 0 Å². The van der Waals surface area contributed by atoms with Crippen molar-refractivity contribution in [1.29, 1.82) is 0 Å². The summed E-state index contributed by atoms with van der Waals surface area (Å²) in [6, 6.07) is 0.892. The molecule has 1 aromatic rings. The fourth-order valence-electron chi connectivity index (χ4n) is 1.14. The Labute approximate surface area is 117 Å². The molecular formula is C8H10ClN3O5S2. The van der Waals surface area contributed by atoms with Gasteiger partial charge in [-0.3, -0.25) is 14.9 Å². The third kappa shape index (κ3) is 4.42. The number of sulfonamides is 1. The van der Waals surface area contributed by atoms with Crippen molar-refractivity contribution in [3.05, 3.63) is 20.5 Å². The highest BCUT2D eigenvalue weighted by atomic mass is 35.5. The van der Waals surface area contributed by atoms with Gasteiger partial charge in [-0.15, -0.1) is 11.3 Å². The van der Waals surface area contributed by atoms with Crippen molar-refractivity contribution in [3.8, 4) is 0 Å². The monoisotopic (exact) mass is 327 g/mol. The Morgan fingerprint density at radius 3 is 2.68 bits per heavy atom. The van der Waals surface area contributed by atoms with Gasteiger partial charge in [0.15, 0.2) is 4.34 Å². The normalized spacial score (nSPS) is 11.4. The summed E-state index contributed by atoms with van der Waals surface area (Å²) < 4.78 is 25.3. The van der Waals surface area contributed by atoms with Crippen LogP contribution in [0.25, 0.3) is 0 Å². The molecule has 0 spiro atoms. The van der Waals surface area contributed by atoms with E-state index < -0.39 is 26.5 Å². The smallest absolute Gasteiger partial charge is 0.300 e. The molecule has 19 heavy (non-hydrogen) atoms. The van der Waals surface area contributed by atoms with Gasteiger partial charge < -0.3 is 5.73 Å². The summed E-state index contributed by atoms with van der Waals surface area (Å²) in [4.78, 5) is 20.3. The lowest BCUT2D eigenvalue weighted by Gasteiger charge is -2.02. The topological polar surface area (TPSA) is 132 Å². The summed E-state index contributed by atoms with van der Waals surface area (Å²) in [5.74, 6) is -0.533. The van der Waals surface area contributed by atoms with Crippen LogP contribution in [0.2, 0.25) is 4.34 Å². The van der Waals surface area contributed by atoms with Crippen LogP contribution < -0.4 is 10.5 Å². The molecule has 0 fully saturated rings. The van der Waals surface area contributed by atoms with E-state index in [2.05, 4.69) is 4.72 Å². The Morgan fingerprint density at radius 2 is 2.21 bits per heavy atom. The number of hydrogen-bond donors (Lipinski definition) is 2. The van der Waals surface area contributed by atoms with Gasteiger partial charge in [0.25, 0.3) is 5.69 Å². The van der Waals surface area contributed by atoms with Gasteiger partial charge in [0.05, 0.1) is 4.92 Å². The molecule has 0 unspecified atom stereocenters. The van der Waals surface area contributed by atoms with Crippen LogP contribution in [-0.2, 0) is 14.8 Å². The second-order valence-electron chi connectivity index (χ2n) is 3.45. The van der Waals surface area contributed by atoms with E-state index in [-0.39, 0.29) is 27.9 Å². The molecule has 0 bridgehead atoms. The minimum atomic E-state index is -3.87. The number of carbonyl (C=O) groups excluding carboxylic acids is 1. The van der Waals surface area contributed by atoms with Gasteiger partial charge in [0.2, 0.25) is 15.9 Å². The average Bonchev–Trinajstić information content (AvgIpc) is 2.67. The molecular weight excluding hydrogens is 318 g/mol. The lowest BCUT2D eigenvalue weighted by atomic mass is 10.3. The van der Waals surface area contributed by atoms with Crippen LogP contribution in [-0.4, -0.2) is 25.8 Å². The summed E-state index contributed by atoms with van der Waals surface area (Å²) in [5, 5.41) is 10.6. The van der Waals surface area contributed by atoms with Gasteiger partial charge in [0, 0.05) is 19.0 Å². The Kier molecular flexibility index (Phi) is 5.23. The van der Waals surface area contributed by atoms with Gasteiger partial charge in [-0.05, 0) is 6.42 Å². The quantitative estimate of drug-likeness (QED) is 0.435. The third-order valence-electron chi connectivity index (χ3n) is 2.00. The third-order valence-corrected chi connectivity index (χ3v) is 5.27. The number of nitro groups is 1. The summed E-state index contributed by atoms with van der Waals surface area (Å²) >= 11 is 6.17. The Morgan fingerprint density at radius 1 is 1.58 bits per heavy atom. The molecule has 3 N–H and O–H groups in total. The number of carbonyl (C=O) groups is 1. The van der Waals surface area contributed by atoms with Crippen LogP contribution in [0.3, 0.4) is 0 Å². The molecule has 0 aliphatic carbocycles. The summed E-state index contributed by atoms with van der Waals surface area (Å²) in [5.41, 5.74) is 4.45. The minimum Gasteiger partial charge on any atom is -0.370 e. The molecule has 0 aliphatic heterocycles. The number of thiophene rings is 1. The number of hydrogen-bond acceptors (Lipinski definition) is 6. The molecule has 8 nitrogen and oxygen atoms in total. The standard InChI is InChI=1S/C8H10ClN3O5S2/c9-8-5(12(14)15)4-7(18-8)19(16,17)11-3-1-2-6(10)13/h4,11H,1-3H2,(H2,10,13). The number of primary amides is 1. The van der Waals surface area contributed by atoms with Gasteiger partial charge in [-0.1, -0.05) is 11.6 Å². The van der Waals surface area contributed by atoms with Crippen LogP contribution in [0.15, 0.2) is 10.3 Å². The van der Waals surface area contributed by atoms with E-state index in [4.69, 9.17) is 17.3 Å². The van der Waals surface area contributed by atoms with Crippen molar-refractivity contribution in [2.24, 2.45) is 5.73 Å². The molecule has 1 rings (SSSR count). The lowest BCUT2D eigenvalue weighted by Crippen LogP contribution is -2.25. The average molecular weight is 328 g/mol. The summed E-state index contributed by atoms with van der Waals surface area (Å²) in [6.07, 6.45) is 0.295. The maximum atomic E-state index is 11.8. The van der Waals surface area contributed by atoms with Gasteiger partial charge in [0.1, 0.15) is 4.21 Å². The number of amides is 1. The number of nitrogens with two attached hydrogens (primary N) is 1. The second-order valence-corrected chi connectivity index (χ2v) is 7.10. The van der Waals surface area contributed by atoms with Gasteiger partial charge in [-0.25, -0.2) is 13.1 Å². The molecule has 0 saturated carbocycles. The van der Waals surface area contributed by atoms with Crippen molar-refractivity contribution in [2.45, 2.75) is 17.1 Å². The Balaban J connectivity index is 2.75. The SMILES string of the molecule is NC(=O)CCCNS(=O)(=O)c1cc([N+](=O)[O-])c(Cl)s1. The Bertz CT molecular complexity index is 598. The van der Waals surface area contributed by atoms with E-state index in [0.29, 0.717) is 11.3 Å². The highest BCUT2D eigenvalue weighted by Gasteiger charge is 2.24. The number of nitrogens with one attached hydrogen (secondary N) is 1. The summed E-state index contributed by atoms with van der Waals surface area (Å²) in [7, 11) is -3.87. The minimum absolute atomic E-state index is 0.00852. The number of nitrogens with zero attached hydrogens (tertiary/aromatic N) is 1. The van der Waals surface area contributed by atoms with Gasteiger partial charge >= 0.3 is 0 Å². The predicted octanol–water partition coefficient (Wildman–Crippen LogP) is 0.854. The van der Waals surface area contributed by atoms with Crippen molar-refractivity contribution in [3.63, 3.8) is 0 Å². The molecule has 0 radical (unpaired) electrons. The maximum absolute atomic E-state index is 11.8. The fraction of sp³-hybridized carbons (Fsp3) is 0.375. The van der Waals surface area contributed by atoms with Crippen molar-refractivity contribution < 1.29 is 18.1 Å². The van der Waals surface area contributed by atoms with Gasteiger partial charge in [-0.2, -0.15) is 0 Å². The molecule has 1 heterocycles. The number of halogens is 1. The van der Waals surface area contributed by atoms with Crippen LogP contribution in [0.1, 0.15) is 12.8 Å². The molecule has 11 heteroatoms. The summed E-state index contributed by atoms with van der Waals surface area (Å²) in [6.45, 7) is 0.00852. The molecule has 0 aliphatic rings. The molecule has 0 aromatic carbocycles.